The van der Waals surface area contributed by atoms with Crippen molar-refractivity contribution in [3.05, 3.63) is 51.5 Å². The molecule has 0 atom stereocenters. The molecule has 0 spiro atoms. The Kier molecular flexibility index (Phi) is 3.95. The molecule has 2 N–H and O–H groups in total. The molecule has 0 bridgehead atoms. The second kappa shape index (κ2) is 6.52. The molecule has 4 heterocycles. The summed E-state index contributed by atoms with van der Waals surface area (Å²) in [5.41, 5.74) is 3.01. The van der Waals surface area contributed by atoms with Crippen LogP contribution in [-0.2, 0) is 24.9 Å². The van der Waals surface area contributed by atoms with E-state index < -0.39 is 0 Å². The largest absolute Gasteiger partial charge is 0.350 e. The van der Waals surface area contributed by atoms with Crippen molar-refractivity contribution in [3.8, 4) is 0 Å². The number of aromatic nitrogens is 6. The van der Waals surface area contributed by atoms with Gasteiger partial charge < -0.3 is 9.88 Å². The number of hydrogen-bond acceptors (Lipinski definition) is 6. The monoisotopic (exact) mass is 407 g/mol. The first kappa shape index (κ1) is 17.6. The van der Waals surface area contributed by atoms with E-state index in [4.69, 9.17) is 0 Å². The fourth-order valence-electron chi connectivity index (χ4n) is 3.55. The number of fused-ring (bicyclic) bond motifs is 4. The number of benzene rings is 1. The summed E-state index contributed by atoms with van der Waals surface area (Å²) in [5.74, 6) is -0.105. The van der Waals surface area contributed by atoms with Gasteiger partial charge in [-0.05, 0) is 11.6 Å². The third kappa shape index (κ3) is 2.80. The van der Waals surface area contributed by atoms with E-state index in [2.05, 4.69) is 25.6 Å². The van der Waals surface area contributed by atoms with Crippen LogP contribution in [0.4, 0.5) is 0 Å². The van der Waals surface area contributed by atoms with E-state index in [9.17, 15) is 9.59 Å². The minimum absolute atomic E-state index is 0.105. The fourth-order valence-corrected chi connectivity index (χ4v) is 4.59. The molecule has 10 heteroatoms. The average Bonchev–Trinajstić information content (AvgIpc) is 3.39. The van der Waals surface area contributed by atoms with Crippen molar-refractivity contribution < 1.29 is 4.79 Å². The van der Waals surface area contributed by atoms with Gasteiger partial charge in [0.1, 0.15) is 10.5 Å². The van der Waals surface area contributed by atoms with Gasteiger partial charge in [0.2, 0.25) is 5.91 Å². The number of nitrogens with zero attached hydrogens (tertiary/aromatic N) is 5. The second-order valence-corrected chi connectivity index (χ2v) is 7.93. The molecule has 0 unspecified atom stereocenters. The summed E-state index contributed by atoms with van der Waals surface area (Å²) in [5, 5.41) is 16.7. The van der Waals surface area contributed by atoms with Crippen molar-refractivity contribution in [1.29, 1.82) is 0 Å². The lowest BCUT2D eigenvalue weighted by Crippen LogP contribution is -2.24. The predicted molar refractivity (Wildman–Crippen MR) is 111 cm³/mol. The van der Waals surface area contributed by atoms with Gasteiger partial charge in [-0.1, -0.05) is 12.1 Å². The average molecular weight is 407 g/mol. The van der Waals surface area contributed by atoms with E-state index in [0.29, 0.717) is 18.6 Å². The summed E-state index contributed by atoms with van der Waals surface area (Å²) in [6.45, 7) is 2.19. The molecule has 0 aliphatic rings. The van der Waals surface area contributed by atoms with Crippen LogP contribution in [0.15, 0.2) is 35.4 Å². The normalized spacial score (nSPS) is 11.7. The molecule has 29 heavy (non-hydrogen) atoms. The quantitative estimate of drug-likeness (QED) is 0.473. The Labute approximate surface area is 168 Å². The van der Waals surface area contributed by atoms with Gasteiger partial charge >= 0.3 is 0 Å². The molecule has 1 amide bonds. The summed E-state index contributed by atoms with van der Waals surface area (Å²) in [7, 11) is 1.83. The van der Waals surface area contributed by atoms with Gasteiger partial charge in [0.05, 0.1) is 35.7 Å². The number of carbonyl (C=O) groups is 1. The lowest BCUT2D eigenvalue weighted by molar-refractivity contribution is -0.119. The van der Waals surface area contributed by atoms with Crippen molar-refractivity contribution in [1.82, 2.24) is 34.8 Å². The molecule has 1 aromatic carbocycles. The minimum Gasteiger partial charge on any atom is -0.350 e. The summed E-state index contributed by atoms with van der Waals surface area (Å²) in [4.78, 5) is 28.9. The highest BCUT2D eigenvalue weighted by atomic mass is 32.1. The summed E-state index contributed by atoms with van der Waals surface area (Å²) < 4.78 is 4.17. The Morgan fingerprint density at radius 2 is 2.14 bits per heavy atom. The summed E-state index contributed by atoms with van der Waals surface area (Å²) in [6, 6.07) is 5.84. The van der Waals surface area contributed by atoms with Gasteiger partial charge in [-0.25, -0.2) is 9.67 Å². The number of H-pyrrole nitrogens is 1. The summed E-state index contributed by atoms with van der Waals surface area (Å²) >= 11 is 1.46. The van der Waals surface area contributed by atoms with E-state index in [1.807, 2.05) is 25.2 Å². The zero-order valence-corrected chi connectivity index (χ0v) is 16.6. The van der Waals surface area contributed by atoms with E-state index in [1.54, 1.807) is 17.0 Å². The van der Waals surface area contributed by atoms with Crippen LogP contribution in [0.3, 0.4) is 0 Å². The number of rotatable bonds is 4. The lowest BCUT2D eigenvalue weighted by Gasteiger charge is -2.07. The van der Waals surface area contributed by atoms with Crippen LogP contribution in [0.5, 0.6) is 0 Å². The second-order valence-electron chi connectivity index (χ2n) is 6.85. The van der Waals surface area contributed by atoms with E-state index in [1.165, 1.54) is 22.9 Å². The Balaban J connectivity index is 1.59. The lowest BCUT2D eigenvalue weighted by atomic mass is 10.1. The first-order chi connectivity index (χ1) is 14.0. The molecule has 4 aromatic heterocycles. The number of amides is 1. The van der Waals surface area contributed by atoms with Crippen molar-refractivity contribution >= 4 is 49.4 Å². The highest BCUT2D eigenvalue weighted by Gasteiger charge is 2.18. The number of nitrogens with one attached hydrogen (secondary N) is 2. The molecule has 146 valence electrons. The Morgan fingerprint density at radius 3 is 2.97 bits per heavy atom. The van der Waals surface area contributed by atoms with Gasteiger partial charge in [0.15, 0.2) is 5.65 Å². The molecule has 0 aliphatic carbocycles. The molecule has 5 aromatic rings. The molecule has 0 saturated heterocycles. The van der Waals surface area contributed by atoms with Crippen LogP contribution < -0.4 is 10.9 Å². The smallest absolute Gasteiger partial charge is 0.291 e. The number of aryl methyl sites for hydroxylation is 1. The van der Waals surface area contributed by atoms with Gasteiger partial charge in [0, 0.05) is 24.7 Å². The van der Waals surface area contributed by atoms with Crippen molar-refractivity contribution in [2.24, 2.45) is 7.05 Å². The van der Waals surface area contributed by atoms with Gasteiger partial charge in [-0.2, -0.15) is 10.2 Å². The maximum Gasteiger partial charge on any atom is 0.291 e. The fraction of sp³-hybridized carbons (Fsp3) is 0.211. The summed E-state index contributed by atoms with van der Waals surface area (Å²) in [6.07, 6.45) is 3.47. The molecule has 0 saturated carbocycles. The number of thiazole rings is 1. The maximum absolute atomic E-state index is 13.2. The van der Waals surface area contributed by atoms with E-state index >= 15 is 0 Å². The molecular formula is C19H17N7O2S. The Hall–Kier alpha value is -3.53. The molecule has 5 rings (SSSR count). The SMILES string of the molecule is CC(=O)NCc1nc2c(s1)c1cnn(Cc3cccc4[nH]ncc34)c(=O)c1n2C. The van der Waals surface area contributed by atoms with Crippen molar-refractivity contribution in [3.63, 3.8) is 0 Å². The first-order valence-corrected chi connectivity index (χ1v) is 9.84. The van der Waals surface area contributed by atoms with Gasteiger partial charge in [-0.3, -0.25) is 14.7 Å². The zero-order valence-electron chi connectivity index (χ0n) is 15.8. The van der Waals surface area contributed by atoms with Crippen molar-refractivity contribution in [2.75, 3.05) is 0 Å². The third-order valence-corrected chi connectivity index (χ3v) is 6.03. The van der Waals surface area contributed by atoms with Crippen LogP contribution in [0.25, 0.3) is 32.2 Å². The highest BCUT2D eigenvalue weighted by Crippen LogP contribution is 2.30. The molecule has 0 aliphatic heterocycles. The predicted octanol–water partition coefficient (Wildman–Crippen LogP) is 1.91. The third-order valence-electron chi connectivity index (χ3n) is 4.95. The van der Waals surface area contributed by atoms with E-state index in [0.717, 1.165) is 37.2 Å². The van der Waals surface area contributed by atoms with Crippen LogP contribution in [0.2, 0.25) is 0 Å². The van der Waals surface area contributed by atoms with E-state index in [-0.39, 0.29) is 11.5 Å². The highest BCUT2D eigenvalue weighted by molar-refractivity contribution is 7.19. The van der Waals surface area contributed by atoms with Gasteiger partial charge in [-0.15, -0.1) is 11.3 Å². The Morgan fingerprint density at radius 1 is 1.28 bits per heavy atom. The van der Waals surface area contributed by atoms with Crippen LogP contribution in [0, 0.1) is 0 Å². The maximum atomic E-state index is 13.2. The number of hydrogen-bond donors (Lipinski definition) is 2. The molecular weight excluding hydrogens is 390 g/mol. The molecule has 0 fully saturated rings. The van der Waals surface area contributed by atoms with Crippen LogP contribution in [0.1, 0.15) is 17.5 Å². The number of carbonyl (C=O) groups excluding carboxylic acids is 1. The van der Waals surface area contributed by atoms with Crippen molar-refractivity contribution in [2.45, 2.75) is 20.0 Å². The Bertz CT molecular complexity index is 1460. The zero-order chi connectivity index (χ0) is 20.1. The first-order valence-electron chi connectivity index (χ1n) is 9.02. The van der Waals surface area contributed by atoms with Crippen LogP contribution in [-0.4, -0.2) is 35.4 Å². The van der Waals surface area contributed by atoms with Crippen LogP contribution >= 0.6 is 11.3 Å². The molecule has 0 radical (unpaired) electrons. The minimum atomic E-state index is -0.167. The standard InChI is InChI=1S/C19H17N7O2S/c1-10(27)20-8-15-23-18-17(29-15)13-7-22-26(19(28)16(13)25(18)2)9-11-4-3-5-14-12(11)6-21-24-14/h3-7H,8-9H2,1-2H3,(H,20,27)(H,21,24). The topological polar surface area (TPSA) is 110 Å². The molecule has 9 nitrogen and oxygen atoms in total. The van der Waals surface area contributed by atoms with Gasteiger partial charge in [0.25, 0.3) is 5.56 Å². The number of aromatic amines is 1.